The van der Waals surface area contributed by atoms with E-state index in [1.807, 2.05) is 12.1 Å². The van der Waals surface area contributed by atoms with E-state index in [1.165, 1.54) is 0 Å². The largest absolute Gasteiger partial charge is 0.481 e. The van der Waals surface area contributed by atoms with Gasteiger partial charge in [0.05, 0.1) is 12.3 Å². The third-order valence-electron chi connectivity index (χ3n) is 4.29. The molecule has 2 rings (SSSR count). The van der Waals surface area contributed by atoms with Crippen LogP contribution in [0.5, 0.6) is 0 Å². The molecular weight excluding hydrogens is 242 g/mol. The predicted octanol–water partition coefficient (Wildman–Crippen LogP) is 3.16. The fourth-order valence-corrected chi connectivity index (χ4v) is 3.01. The van der Waals surface area contributed by atoms with Crippen LogP contribution in [0.15, 0.2) is 22.8 Å². The van der Waals surface area contributed by atoms with Crippen molar-refractivity contribution in [2.45, 2.75) is 39.2 Å². The van der Waals surface area contributed by atoms with Crippen LogP contribution in [-0.2, 0) is 4.79 Å². The number of hydrogen-bond donors (Lipinski definition) is 1. The maximum Gasteiger partial charge on any atom is 0.303 e. The molecule has 0 aromatic carbocycles. The minimum Gasteiger partial charge on any atom is -0.481 e. The lowest BCUT2D eigenvalue weighted by Crippen LogP contribution is -2.39. The lowest BCUT2D eigenvalue weighted by atomic mass is 9.84. The molecule has 19 heavy (non-hydrogen) atoms. The summed E-state index contributed by atoms with van der Waals surface area (Å²) in [7, 11) is 0. The minimum atomic E-state index is -0.691. The van der Waals surface area contributed by atoms with E-state index in [0.29, 0.717) is 5.92 Å². The fourth-order valence-electron chi connectivity index (χ4n) is 3.01. The Balaban J connectivity index is 1.95. The van der Waals surface area contributed by atoms with Crippen molar-refractivity contribution in [3.63, 3.8) is 0 Å². The quantitative estimate of drug-likeness (QED) is 0.888. The second-order valence-electron chi connectivity index (χ2n) is 5.66. The molecule has 3 atom stereocenters. The van der Waals surface area contributed by atoms with Crippen LogP contribution < -0.4 is 0 Å². The third kappa shape index (κ3) is 3.60. The molecule has 1 N–H and O–H groups in total. The smallest absolute Gasteiger partial charge is 0.303 e. The molecule has 1 aliphatic heterocycles. The van der Waals surface area contributed by atoms with Crippen LogP contribution in [0.3, 0.4) is 0 Å². The molecule has 0 amide bonds. The molecule has 0 spiro atoms. The first-order chi connectivity index (χ1) is 9.08. The van der Waals surface area contributed by atoms with E-state index in [4.69, 9.17) is 9.52 Å². The highest BCUT2D eigenvalue weighted by Gasteiger charge is 2.29. The predicted molar refractivity (Wildman–Crippen MR) is 72.8 cm³/mol. The first-order valence-corrected chi connectivity index (χ1v) is 7.07. The highest BCUT2D eigenvalue weighted by atomic mass is 16.4. The molecule has 0 radical (unpaired) electrons. The van der Waals surface area contributed by atoms with Crippen molar-refractivity contribution >= 4 is 5.97 Å². The van der Waals surface area contributed by atoms with Gasteiger partial charge in [-0.1, -0.05) is 6.92 Å². The standard InChI is InChI=1S/C15H23NO3/c1-11(9-15(17)18)13-5-3-7-16(10-13)12(2)14-6-4-8-19-14/h4,6,8,11-13H,3,5,7,9-10H2,1-2H3,(H,17,18). The number of carboxylic acids is 1. The zero-order valence-corrected chi connectivity index (χ0v) is 11.7. The molecule has 1 fully saturated rings. The normalized spacial score (nSPS) is 24.0. The Morgan fingerprint density at radius 3 is 3.00 bits per heavy atom. The van der Waals surface area contributed by atoms with Crippen molar-refractivity contribution < 1.29 is 14.3 Å². The third-order valence-corrected chi connectivity index (χ3v) is 4.29. The van der Waals surface area contributed by atoms with Crippen LogP contribution in [0.25, 0.3) is 0 Å². The average molecular weight is 265 g/mol. The van der Waals surface area contributed by atoms with Crippen LogP contribution in [-0.4, -0.2) is 29.1 Å². The van der Waals surface area contributed by atoms with E-state index in [1.54, 1.807) is 6.26 Å². The van der Waals surface area contributed by atoms with Crippen molar-refractivity contribution in [1.82, 2.24) is 4.90 Å². The molecule has 3 unspecified atom stereocenters. The maximum absolute atomic E-state index is 10.8. The Hall–Kier alpha value is -1.29. The lowest BCUT2D eigenvalue weighted by molar-refractivity contribution is -0.138. The molecule has 1 aliphatic rings. The van der Waals surface area contributed by atoms with Crippen LogP contribution in [0.1, 0.15) is 44.9 Å². The van der Waals surface area contributed by atoms with Crippen molar-refractivity contribution in [3.05, 3.63) is 24.2 Å². The Morgan fingerprint density at radius 1 is 1.58 bits per heavy atom. The second-order valence-corrected chi connectivity index (χ2v) is 5.66. The van der Waals surface area contributed by atoms with E-state index < -0.39 is 5.97 Å². The Kier molecular flexibility index (Phi) is 4.64. The summed E-state index contributed by atoms with van der Waals surface area (Å²) in [4.78, 5) is 13.2. The summed E-state index contributed by atoms with van der Waals surface area (Å²) in [6.45, 7) is 6.25. The molecule has 4 heteroatoms. The van der Waals surface area contributed by atoms with E-state index >= 15 is 0 Å². The number of furan rings is 1. The number of piperidine rings is 1. The number of aliphatic carboxylic acids is 1. The van der Waals surface area contributed by atoms with Gasteiger partial charge < -0.3 is 9.52 Å². The van der Waals surface area contributed by atoms with Crippen LogP contribution in [0, 0.1) is 11.8 Å². The van der Waals surface area contributed by atoms with Gasteiger partial charge in [0.2, 0.25) is 0 Å². The topological polar surface area (TPSA) is 53.7 Å². The molecule has 106 valence electrons. The zero-order valence-electron chi connectivity index (χ0n) is 11.7. The van der Waals surface area contributed by atoms with Gasteiger partial charge in [-0.15, -0.1) is 0 Å². The number of carboxylic acid groups (broad SMARTS) is 1. The highest BCUT2D eigenvalue weighted by Crippen LogP contribution is 2.31. The summed E-state index contributed by atoms with van der Waals surface area (Å²) in [5.74, 6) is 1.02. The zero-order chi connectivity index (χ0) is 13.8. The summed E-state index contributed by atoms with van der Waals surface area (Å²) in [5.41, 5.74) is 0. The Morgan fingerprint density at radius 2 is 2.37 bits per heavy atom. The molecular formula is C15H23NO3. The summed E-state index contributed by atoms with van der Waals surface area (Å²) in [6.07, 6.45) is 4.25. The van der Waals surface area contributed by atoms with Crippen molar-refractivity contribution in [2.75, 3.05) is 13.1 Å². The fraction of sp³-hybridized carbons (Fsp3) is 0.667. The van der Waals surface area contributed by atoms with Gasteiger partial charge in [0.15, 0.2) is 0 Å². The maximum atomic E-state index is 10.8. The molecule has 1 saturated heterocycles. The van der Waals surface area contributed by atoms with Gasteiger partial charge >= 0.3 is 5.97 Å². The number of likely N-dealkylation sites (tertiary alicyclic amines) is 1. The molecule has 0 bridgehead atoms. The molecule has 1 aromatic heterocycles. The van der Waals surface area contributed by atoms with E-state index in [9.17, 15) is 4.79 Å². The van der Waals surface area contributed by atoms with Gasteiger partial charge in [-0.2, -0.15) is 0 Å². The molecule has 4 nitrogen and oxygen atoms in total. The second kappa shape index (κ2) is 6.24. The van der Waals surface area contributed by atoms with Gasteiger partial charge in [0, 0.05) is 13.0 Å². The minimum absolute atomic E-state index is 0.240. The van der Waals surface area contributed by atoms with Gasteiger partial charge in [-0.25, -0.2) is 0 Å². The number of rotatable bonds is 5. The van der Waals surface area contributed by atoms with E-state index in [0.717, 1.165) is 31.7 Å². The molecule has 2 heterocycles. The number of hydrogen-bond acceptors (Lipinski definition) is 3. The Bertz CT molecular complexity index is 402. The molecule has 0 aliphatic carbocycles. The van der Waals surface area contributed by atoms with Crippen molar-refractivity contribution in [2.24, 2.45) is 11.8 Å². The molecule has 1 aromatic rings. The van der Waals surface area contributed by atoms with Crippen LogP contribution in [0.4, 0.5) is 0 Å². The van der Waals surface area contributed by atoms with Gasteiger partial charge in [-0.3, -0.25) is 9.69 Å². The first kappa shape index (κ1) is 14.1. The van der Waals surface area contributed by atoms with E-state index in [2.05, 4.69) is 18.7 Å². The average Bonchev–Trinajstić information content (AvgIpc) is 2.91. The highest BCUT2D eigenvalue weighted by molar-refractivity contribution is 5.67. The Labute approximate surface area is 114 Å². The number of nitrogens with zero attached hydrogens (tertiary/aromatic N) is 1. The monoisotopic (exact) mass is 265 g/mol. The first-order valence-electron chi connectivity index (χ1n) is 7.07. The van der Waals surface area contributed by atoms with Crippen LogP contribution >= 0.6 is 0 Å². The van der Waals surface area contributed by atoms with Gasteiger partial charge in [0.1, 0.15) is 5.76 Å². The van der Waals surface area contributed by atoms with Crippen molar-refractivity contribution in [1.29, 1.82) is 0 Å². The van der Waals surface area contributed by atoms with Crippen LogP contribution in [0.2, 0.25) is 0 Å². The SMILES string of the molecule is CC(CC(=O)O)C1CCCN(C(C)c2ccco2)C1. The van der Waals surface area contributed by atoms with Gasteiger partial charge in [0.25, 0.3) is 0 Å². The summed E-state index contributed by atoms with van der Waals surface area (Å²) in [6, 6.07) is 4.20. The molecule has 0 saturated carbocycles. The summed E-state index contributed by atoms with van der Waals surface area (Å²) >= 11 is 0. The van der Waals surface area contributed by atoms with Crippen molar-refractivity contribution in [3.8, 4) is 0 Å². The summed E-state index contributed by atoms with van der Waals surface area (Å²) in [5, 5.41) is 8.91. The van der Waals surface area contributed by atoms with Gasteiger partial charge in [-0.05, 0) is 50.3 Å². The number of carbonyl (C=O) groups is 1. The lowest BCUT2D eigenvalue weighted by Gasteiger charge is -2.38. The summed E-state index contributed by atoms with van der Waals surface area (Å²) < 4.78 is 5.47. The van der Waals surface area contributed by atoms with E-state index in [-0.39, 0.29) is 18.4 Å².